The molecule has 1 aliphatic heterocycles. The van der Waals surface area contributed by atoms with E-state index in [0.717, 1.165) is 5.03 Å². The summed E-state index contributed by atoms with van der Waals surface area (Å²) in [7, 11) is 0. The van der Waals surface area contributed by atoms with Gasteiger partial charge in [0, 0.05) is 24.4 Å². The van der Waals surface area contributed by atoms with E-state index in [1.165, 1.54) is 30.0 Å². The standard InChI is InChI=1S/C14H14FN5O2S/c15-8-1-2-11-9(5-8)10(6-12(21)18-11)14(22)16-3-4-23-13-7-17-20-19-13/h1-2,5,7,10H,3-4,6H2,(H,16,22)(H,18,21)(H,17,19,20)/t10-/m1/s1. The van der Waals surface area contributed by atoms with Crippen LogP contribution in [0.2, 0.25) is 0 Å². The maximum absolute atomic E-state index is 13.4. The normalized spacial score (nSPS) is 16.6. The first-order chi connectivity index (χ1) is 11.1. The van der Waals surface area contributed by atoms with Crippen LogP contribution in [0.5, 0.6) is 0 Å². The molecule has 0 saturated carbocycles. The highest BCUT2D eigenvalue weighted by Crippen LogP contribution is 2.32. The molecule has 2 aromatic rings. The summed E-state index contributed by atoms with van der Waals surface area (Å²) in [6.45, 7) is 0.416. The summed E-state index contributed by atoms with van der Waals surface area (Å²) in [5, 5.41) is 16.2. The highest BCUT2D eigenvalue weighted by Gasteiger charge is 2.30. The number of nitrogens with one attached hydrogen (secondary N) is 3. The number of rotatable bonds is 5. The van der Waals surface area contributed by atoms with Crippen LogP contribution in [-0.4, -0.2) is 39.5 Å². The minimum absolute atomic E-state index is 0.0126. The van der Waals surface area contributed by atoms with Gasteiger partial charge in [-0.25, -0.2) is 4.39 Å². The van der Waals surface area contributed by atoms with Crippen LogP contribution in [0, 0.1) is 5.82 Å². The van der Waals surface area contributed by atoms with Gasteiger partial charge >= 0.3 is 0 Å². The number of carbonyl (C=O) groups excluding carboxylic acids is 2. The number of hydrogen-bond donors (Lipinski definition) is 3. The summed E-state index contributed by atoms with van der Waals surface area (Å²) in [5.41, 5.74) is 0.992. The minimum Gasteiger partial charge on any atom is -0.355 e. The van der Waals surface area contributed by atoms with Gasteiger partial charge in [-0.3, -0.25) is 9.59 Å². The Morgan fingerprint density at radius 2 is 2.35 bits per heavy atom. The molecule has 0 spiro atoms. The Hall–Kier alpha value is -2.42. The summed E-state index contributed by atoms with van der Waals surface area (Å²) < 4.78 is 13.4. The molecule has 0 radical (unpaired) electrons. The number of anilines is 1. The largest absolute Gasteiger partial charge is 0.355 e. The Morgan fingerprint density at radius 3 is 3.13 bits per heavy atom. The zero-order valence-corrected chi connectivity index (χ0v) is 12.8. The third-order valence-electron chi connectivity index (χ3n) is 3.41. The zero-order valence-electron chi connectivity index (χ0n) is 12.0. The van der Waals surface area contributed by atoms with E-state index in [4.69, 9.17) is 0 Å². The van der Waals surface area contributed by atoms with Crippen molar-refractivity contribution in [3.63, 3.8) is 0 Å². The fraction of sp³-hybridized carbons (Fsp3) is 0.286. The molecule has 1 atom stereocenters. The summed E-state index contributed by atoms with van der Waals surface area (Å²) in [6.07, 6.45) is 1.61. The van der Waals surface area contributed by atoms with E-state index < -0.39 is 11.7 Å². The van der Waals surface area contributed by atoms with Crippen LogP contribution < -0.4 is 10.6 Å². The third-order valence-corrected chi connectivity index (χ3v) is 4.31. The predicted octanol–water partition coefficient (Wildman–Crippen LogP) is 1.28. The van der Waals surface area contributed by atoms with Gasteiger partial charge in [-0.1, -0.05) is 0 Å². The molecule has 7 nitrogen and oxygen atoms in total. The zero-order chi connectivity index (χ0) is 16.2. The lowest BCUT2D eigenvalue weighted by Crippen LogP contribution is -2.36. The van der Waals surface area contributed by atoms with Gasteiger partial charge in [-0.15, -0.1) is 16.9 Å². The van der Waals surface area contributed by atoms with Crippen LogP contribution in [-0.2, 0) is 9.59 Å². The van der Waals surface area contributed by atoms with E-state index in [9.17, 15) is 14.0 Å². The Morgan fingerprint density at radius 1 is 1.48 bits per heavy atom. The van der Waals surface area contributed by atoms with Crippen LogP contribution in [0.1, 0.15) is 17.9 Å². The fourth-order valence-electron chi connectivity index (χ4n) is 2.38. The van der Waals surface area contributed by atoms with Gasteiger partial charge in [0.1, 0.15) is 10.8 Å². The first-order valence-electron chi connectivity index (χ1n) is 6.99. The average Bonchev–Trinajstić information content (AvgIpc) is 3.04. The lowest BCUT2D eigenvalue weighted by atomic mass is 9.89. The van der Waals surface area contributed by atoms with E-state index in [0.29, 0.717) is 23.5 Å². The molecule has 23 heavy (non-hydrogen) atoms. The Balaban J connectivity index is 1.61. The van der Waals surface area contributed by atoms with Crippen molar-refractivity contribution in [2.45, 2.75) is 17.4 Å². The number of halogens is 1. The molecule has 2 heterocycles. The lowest BCUT2D eigenvalue weighted by Gasteiger charge is -2.24. The van der Waals surface area contributed by atoms with Gasteiger partial charge in [0.05, 0.1) is 12.1 Å². The van der Waals surface area contributed by atoms with Gasteiger partial charge < -0.3 is 10.6 Å². The SMILES string of the molecule is O=C1C[C@@H](C(=O)NCCSc2cn[nH]n2)c2cc(F)ccc2N1. The highest BCUT2D eigenvalue weighted by molar-refractivity contribution is 7.99. The number of aromatic amines is 1. The smallest absolute Gasteiger partial charge is 0.228 e. The average molecular weight is 335 g/mol. The first kappa shape index (κ1) is 15.5. The number of H-pyrrole nitrogens is 1. The molecule has 0 bridgehead atoms. The topological polar surface area (TPSA) is 99.8 Å². The fourth-order valence-corrected chi connectivity index (χ4v) is 3.03. The quantitative estimate of drug-likeness (QED) is 0.564. The molecule has 0 fully saturated rings. The third kappa shape index (κ3) is 3.67. The Labute approximate surface area is 135 Å². The minimum atomic E-state index is -0.675. The number of benzene rings is 1. The van der Waals surface area contributed by atoms with Crippen molar-refractivity contribution in [3.05, 3.63) is 35.8 Å². The molecule has 2 amide bonds. The Kier molecular flexibility index (Phi) is 4.56. The second kappa shape index (κ2) is 6.78. The number of aromatic nitrogens is 3. The van der Waals surface area contributed by atoms with Crippen molar-refractivity contribution in [3.8, 4) is 0 Å². The van der Waals surface area contributed by atoms with Crippen molar-refractivity contribution in [1.82, 2.24) is 20.7 Å². The summed E-state index contributed by atoms with van der Waals surface area (Å²) in [6, 6.07) is 4.03. The molecule has 9 heteroatoms. The van der Waals surface area contributed by atoms with Crippen molar-refractivity contribution in [2.24, 2.45) is 0 Å². The van der Waals surface area contributed by atoms with Crippen LogP contribution in [0.4, 0.5) is 10.1 Å². The second-order valence-electron chi connectivity index (χ2n) is 4.98. The molecule has 0 saturated heterocycles. The van der Waals surface area contributed by atoms with Crippen LogP contribution in [0.25, 0.3) is 0 Å². The van der Waals surface area contributed by atoms with Crippen molar-refractivity contribution in [1.29, 1.82) is 0 Å². The second-order valence-corrected chi connectivity index (χ2v) is 6.10. The summed E-state index contributed by atoms with van der Waals surface area (Å²) in [5.74, 6) is -1.02. The molecule has 120 valence electrons. The number of hydrogen-bond acceptors (Lipinski definition) is 5. The van der Waals surface area contributed by atoms with Gasteiger partial charge in [0.25, 0.3) is 0 Å². The maximum Gasteiger partial charge on any atom is 0.228 e. The maximum atomic E-state index is 13.4. The molecular weight excluding hydrogens is 321 g/mol. The van der Waals surface area contributed by atoms with Gasteiger partial charge in [-0.2, -0.15) is 10.3 Å². The van der Waals surface area contributed by atoms with Gasteiger partial charge in [0.15, 0.2) is 0 Å². The molecule has 1 aromatic carbocycles. The molecule has 0 unspecified atom stereocenters. The monoisotopic (exact) mass is 335 g/mol. The van der Waals surface area contributed by atoms with E-state index in [1.807, 2.05) is 0 Å². The van der Waals surface area contributed by atoms with E-state index in [-0.39, 0.29) is 18.2 Å². The van der Waals surface area contributed by atoms with E-state index >= 15 is 0 Å². The highest BCUT2D eigenvalue weighted by atomic mass is 32.2. The van der Waals surface area contributed by atoms with E-state index in [2.05, 4.69) is 26.0 Å². The summed E-state index contributed by atoms with van der Waals surface area (Å²) >= 11 is 1.45. The van der Waals surface area contributed by atoms with Crippen molar-refractivity contribution >= 4 is 29.3 Å². The Bertz CT molecular complexity index is 722. The first-order valence-corrected chi connectivity index (χ1v) is 7.97. The van der Waals surface area contributed by atoms with Crippen molar-refractivity contribution in [2.75, 3.05) is 17.6 Å². The van der Waals surface area contributed by atoms with Crippen LogP contribution in [0.15, 0.2) is 29.4 Å². The van der Waals surface area contributed by atoms with Crippen LogP contribution in [0.3, 0.4) is 0 Å². The van der Waals surface area contributed by atoms with E-state index in [1.54, 1.807) is 6.20 Å². The molecule has 0 aliphatic carbocycles. The van der Waals surface area contributed by atoms with Crippen LogP contribution >= 0.6 is 11.8 Å². The van der Waals surface area contributed by atoms with Gasteiger partial charge in [0.2, 0.25) is 11.8 Å². The molecule has 1 aliphatic rings. The van der Waals surface area contributed by atoms with Gasteiger partial charge in [-0.05, 0) is 23.8 Å². The number of carbonyl (C=O) groups is 2. The molecule has 3 rings (SSSR count). The lowest BCUT2D eigenvalue weighted by molar-refractivity contribution is -0.126. The predicted molar refractivity (Wildman–Crippen MR) is 82.5 cm³/mol. The molecule has 1 aromatic heterocycles. The number of nitrogens with zero attached hydrogens (tertiary/aromatic N) is 2. The number of thioether (sulfide) groups is 1. The van der Waals surface area contributed by atoms with Crippen molar-refractivity contribution < 1.29 is 14.0 Å². The molecular formula is C14H14FN5O2S. The number of fused-ring (bicyclic) bond motifs is 1. The molecule has 3 N–H and O–H groups in total. The summed E-state index contributed by atoms with van der Waals surface area (Å²) in [4.78, 5) is 24.0. The number of amides is 2.